The van der Waals surface area contributed by atoms with Crippen LogP contribution in [0.2, 0.25) is 0 Å². The van der Waals surface area contributed by atoms with Gasteiger partial charge in [-0.25, -0.2) is 0 Å². The lowest BCUT2D eigenvalue weighted by Gasteiger charge is -2.07. The Balaban J connectivity index is 2.66. The maximum atomic E-state index is 5.58. The number of para-hydroxylation sites is 1. The molecule has 1 heterocycles. The first kappa shape index (κ1) is 11.4. The average molecular weight is 279 g/mol. The Kier molecular flexibility index (Phi) is 3.17. The number of benzene rings is 1. The van der Waals surface area contributed by atoms with Gasteiger partial charge >= 0.3 is 0 Å². The van der Waals surface area contributed by atoms with E-state index in [1.807, 2.05) is 12.1 Å². The Bertz CT molecular complexity index is 501. The van der Waals surface area contributed by atoms with Crippen molar-refractivity contribution >= 4 is 32.4 Å². The van der Waals surface area contributed by atoms with Gasteiger partial charge in [-0.1, -0.05) is 24.8 Å². The van der Waals surface area contributed by atoms with Crippen molar-refractivity contribution in [2.75, 3.05) is 6.54 Å². The molecular weight excluding hydrogens is 264 g/mol. The van der Waals surface area contributed by atoms with Crippen molar-refractivity contribution < 1.29 is 0 Å². The third-order valence-corrected chi connectivity index (χ3v) is 3.63. The van der Waals surface area contributed by atoms with Gasteiger partial charge in [0.2, 0.25) is 0 Å². The third kappa shape index (κ3) is 1.70. The van der Waals surface area contributed by atoms with Gasteiger partial charge in [-0.2, -0.15) is 0 Å². The van der Waals surface area contributed by atoms with Crippen molar-refractivity contribution in [2.24, 2.45) is 12.8 Å². The minimum Gasteiger partial charge on any atom is -0.343 e. The van der Waals surface area contributed by atoms with E-state index in [2.05, 4.69) is 46.3 Å². The second-order valence-corrected chi connectivity index (χ2v) is 4.67. The summed E-state index contributed by atoms with van der Waals surface area (Å²) >= 11 is 3.65. The van der Waals surface area contributed by atoms with Gasteiger partial charge in [-0.3, -0.25) is 0 Å². The van der Waals surface area contributed by atoms with E-state index in [1.54, 1.807) is 0 Å². The second kappa shape index (κ2) is 4.44. The number of fused-ring (bicyclic) bond motifs is 1. The summed E-state index contributed by atoms with van der Waals surface area (Å²) in [6, 6.07) is 8.31. The molecule has 0 saturated heterocycles. The molecule has 0 amide bonds. The number of hydrogen-bond acceptors (Lipinski definition) is 1. The van der Waals surface area contributed by atoms with Crippen LogP contribution in [0.25, 0.3) is 16.5 Å². The van der Waals surface area contributed by atoms with Gasteiger partial charge in [0.05, 0.1) is 10.2 Å². The largest absolute Gasteiger partial charge is 0.343 e. The normalized spacial score (nSPS) is 10.9. The van der Waals surface area contributed by atoms with Crippen LogP contribution < -0.4 is 5.73 Å². The summed E-state index contributed by atoms with van der Waals surface area (Å²) in [5, 5.41) is 1.22. The summed E-state index contributed by atoms with van der Waals surface area (Å²) in [6.07, 6.45) is 0.822. The summed E-state index contributed by atoms with van der Waals surface area (Å²) < 4.78 is 3.28. The molecule has 0 unspecified atom stereocenters. The zero-order valence-corrected chi connectivity index (χ0v) is 10.9. The maximum Gasteiger partial charge on any atom is 0.0586 e. The van der Waals surface area contributed by atoms with E-state index in [0.29, 0.717) is 6.54 Å². The number of nitrogens with zero attached hydrogens (tertiary/aromatic N) is 1. The first-order chi connectivity index (χ1) is 7.66. The lowest BCUT2D eigenvalue weighted by atomic mass is 10.1. The Hall–Kier alpha value is -1.06. The van der Waals surface area contributed by atoms with Gasteiger partial charge < -0.3 is 10.3 Å². The summed E-state index contributed by atoms with van der Waals surface area (Å²) in [5.41, 5.74) is 9.01. The average Bonchev–Trinajstić information content (AvgIpc) is 2.53. The SMILES string of the molecule is C=C(CCN)c1c(Br)c2ccccc2n1C. The molecule has 0 fully saturated rings. The van der Waals surface area contributed by atoms with E-state index in [0.717, 1.165) is 22.2 Å². The molecular formula is C13H15BrN2. The third-order valence-electron chi connectivity index (χ3n) is 2.83. The van der Waals surface area contributed by atoms with E-state index >= 15 is 0 Å². The van der Waals surface area contributed by atoms with Crippen LogP contribution in [0, 0.1) is 0 Å². The number of aromatic nitrogens is 1. The van der Waals surface area contributed by atoms with Crippen LogP contribution in [0.4, 0.5) is 0 Å². The molecule has 1 aromatic carbocycles. The summed E-state index contributed by atoms with van der Waals surface area (Å²) in [7, 11) is 2.06. The number of nitrogens with two attached hydrogens (primary N) is 1. The lowest BCUT2D eigenvalue weighted by molar-refractivity contribution is 0.921. The van der Waals surface area contributed by atoms with Crippen molar-refractivity contribution in [2.45, 2.75) is 6.42 Å². The molecule has 84 valence electrons. The molecule has 2 aromatic rings. The highest BCUT2D eigenvalue weighted by molar-refractivity contribution is 9.10. The monoisotopic (exact) mass is 278 g/mol. The fourth-order valence-electron chi connectivity index (χ4n) is 2.03. The minimum absolute atomic E-state index is 0.632. The number of rotatable bonds is 3. The maximum absolute atomic E-state index is 5.58. The first-order valence-corrected chi connectivity index (χ1v) is 6.07. The van der Waals surface area contributed by atoms with Crippen molar-refractivity contribution in [3.8, 4) is 0 Å². The summed E-state index contributed by atoms with van der Waals surface area (Å²) in [6.45, 7) is 4.73. The molecule has 1 aromatic heterocycles. The summed E-state index contributed by atoms with van der Waals surface area (Å²) in [5.74, 6) is 0. The quantitative estimate of drug-likeness (QED) is 0.918. The van der Waals surface area contributed by atoms with Crippen LogP contribution in [-0.4, -0.2) is 11.1 Å². The molecule has 0 bridgehead atoms. The van der Waals surface area contributed by atoms with E-state index < -0.39 is 0 Å². The number of halogens is 1. The summed E-state index contributed by atoms with van der Waals surface area (Å²) in [4.78, 5) is 0. The van der Waals surface area contributed by atoms with E-state index in [4.69, 9.17) is 5.73 Å². The highest BCUT2D eigenvalue weighted by Crippen LogP contribution is 2.34. The van der Waals surface area contributed by atoms with Crippen LogP contribution in [0.15, 0.2) is 35.3 Å². The predicted octanol–water partition coefficient (Wildman–Crippen LogP) is 3.30. The van der Waals surface area contributed by atoms with Crippen molar-refractivity contribution in [1.29, 1.82) is 0 Å². The molecule has 0 aliphatic carbocycles. The molecule has 2 rings (SSSR count). The van der Waals surface area contributed by atoms with Crippen LogP contribution in [0.1, 0.15) is 12.1 Å². The fraction of sp³-hybridized carbons (Fsp3) is 0.231. The smallest absolute Gasteiger partial charge is 0.0586 e. The van der Waals surface area contributed by atoms with Gasteiger partial charge in [-0.15, -0.1) is 0 Å². The fourth-order valence-corrected chi connectivity index (χ4v) is 2.91. The van der Waals surface area contributed by atoms with Gasteiger partial charge in [0.25, 0.3) is 0 Å². The van der Waals surface area contributed by atoms with Crippen LogP contribution in [0.3, 0.4) is 0 Å². The van der Waals surface area contributed by atoms with E-state index in [1.165, 1.54) is 10.9 Å². The molecule has 0 radical (unpaired) electrons. The standard InChI is InChI=1S/C13H15BrN2/c1-9(7-8-15)13-12(14)10-5-3-4-6-11(10)16(13)2/h3-6H,1,7-8,15H2,2H3. The minimum atomic E-state index is 0.632. The van der Waals surface area contributed by atoms with E-state index in [-0.39, 0.29) is 0 Å². The molecule has 2 N–H and O–H groups in total. The molecule has 0 spiro atoms. The number of hydrogen-bond donors (Lipinski definition) is 1. The highest BCUT2D eigenvalue weighted by atomic mass is 79.9. The lowest BCUT2D eigenvalue weighted by Crippen LogP contribution is -2.02. The second-order valence-electron chi connectivity index (χ2n) is 3.88. The molecule has 2 nitrogen and oxygen atoms in total. The predicted molar refractivity (Wildman–Crippen MR) is 73.3 cm³/mol. The Morgan fingerprint density at radius 2 is 2.12 bits per heavy atom. The van der Waals surface area contributed by atoms with Crippen molar-refractivity contribution in [3.05, 3.63) is 41.0 Å². The van der Waals surface area contributed by atoms with Crippen LogP contribution >= 0.6 is 15.9 Å². The van der Waals surface area contributed by atoms with Crippen LogP contribution in [0.5, 0.6) is 0 Å². The van der Waals surface area contributed by atoms with Gasteiger partial charge in [0.1, 0.15) is 0 Å². The zero-order valence-electron chi connectivity index (χ0n) is 9.33. The molecule has 0 aliphatic rings. The van der Waals surface area contributed by atoms with Crippen LogP contribution in [-0.2, 0) is 7.05 Å². The van der Waals surface area contributed by atoms with Gasteiger partial charge in [0, 0.05) is 18.0 Å². The Morgan fingerprint density at radius 1 is 1.44 bits per heavy atom. The zero-order chi connectivity index (χ0) is 11.7. The molecule has 16 heavy (non-hydrogen) atoms. The first-order valence-electron chi connectivity index (χ1n) is 5.28. The van der Waals surface area contributed by atoms with E-state index in [9.17, 15) is 0 Å². The number of aryl methyl sites for hydroxylation is 1. The molecule has 0 saturated carbocycles. The topological polar surface area (TPSA) is 30.9 Å². The molecule has 0 aliphatic heterocycles. The van der Waals surface area contributed by atoms with Gasteiger partial charge in [0.15, 0.2) is 0 Å². The molecule has 3 heteroatoms. The Morgan fingerprint density at radius 3 is 2.75 bits per heavy atom. The highest BCUT2D eigenvalue weighted by Gasteiger charge is 2.14. The van der Waals surface area contributed by atoms with Crippen molar-refractivity contribution in [3.63, 3.8) is 0 Å². The Labute approximate surface area is 104 Å². The molecule has 0 atom stereocenters. The van der Waals surface area contributed by atoms with Gasteiger partial charge in [-0.05, 0) is 40.5 Å². The van der Waals surface area contributed by atoms with Crippen molar-refractivity contribution in [1.82, 2.24) is 4.57 Å².